The van der Waals surface area contributed by atoms with Gasteiger partial charge in [-0.1, -0.05) is 30.3 Å². The fraction of sp³-hybridized carbons (Fsp3) is 0.353. The highest BCUT2D eigenvalue weighted by atomic mass is 16.5. The first-order valence-corrected chi connectivity index (χ1v) is 8.08. The van der Waals surface area contributed by atoms with Gasteiger partial charge in [0.05, 0.1) is 25.6 Å². The summed E-state index contributed by atoms with van der Waals surface area (Å²) in [7, 11) is 0. The van der Waals surface area contributed by atoms with Crippen molar-refractivity contribution >= 4 is 17.1 Å². The van der Waals surface area contributed by atoms with Crippen LogP contribution in [-0.2, 0) is 17.9 Å². The molecule has 0 saturated heterocycles. The smallest absolute Gasteiger partial charge is 0.247 e. The molecule has 0 spiro atoms. The highest BCUT2D eigenvalue weighted by Crippen LogP contribution is 2.23. The van der Waals surface area contributed by atoms with Gasteiger partial charge in [-0.2, -0.15) is 9.97 Å². The predicted octanol–water partition coefficient (Wildman–Crippen LogP) is 1.38. The summed E-state index contributed by atoms with van der Waals surface area (Å²) in [6.45, 7) is 3.32. The maximum atomic E-state index is 10.0. The Labute approximate surface area is 145 Å². The molecule has 2 heterocycles. The van der Waals surface area contributed by atoms with Gasteiger partial charge in [0.2, 0.25) is 11.8 Å². The number of benzene rings is 1. The average molecular weight is 343 g/mol. The number of nitrogens with zero attached hydrogens (tertiary/aromatic N) is 4. The molecular formula is C17H21N5O3. The fourth-order valence-electron chi connectivity index (χ4n) is 2.43. The summed E-state index contributed by atoms with van der Waals surface area (Å²) < 4.78 is 12.7. The van der Waals surface area contributed by atoms with Crippen molar-refractivity contribution in [3.63, 3.8) is 0 Å². The van der Waals surface area contributed by atoms with E-state index in [1.54, 1.807) is 10.9 Å². The molecule has 1 atom stereocenters. The van der Waals surface area contributed by atoms with Gasteiger partial charge in [-0.3, -0.25) is 0 Å². The molecular weight excluding hydrogens is 322 g/mol. The third kappa shape index (κ3) is 4.23. The van der Waals surface area contributed by atoms with Crippen LogP contribution >= 0.6 is 0 Å². The van der Waals surface area contributed by atoms with Crippen molar-refractivity contribution in [3.8, 4) is 5.88 Å². The quantitative estimate of drug-likeness (QED) is 0.636. The molecule has 0 radical (unpaired) electrons. The Morgan fingerprint density at radius 1 is 1.24 bits per heavy atom. The van der Waals surface area contributed by atoms with Crippen LogP contribution in [0, 0.1) is 0 Å². The van der Waals surface area contributed by atoms with E-state index < -0.39 is 6.10 Å². The molecule has 3 aromatic rings. The average Bonchev–Trinajstić information content (AvgIpc) is 3.01. The van der Waals surface area contributed by atoms with Crippen LogP contribution in [0.1, 0.15) is 12.5 Å². The topological polar surface area (TPSA) is 108 Å². The van der Waals surface area contributed by atoms with Gasteiger partial charge in [0, 0.05) is 6.61 Å². The summed E-state index contributed by atoms with van der Waals surface area (Å²) in [6.07, 6.45) is 0.922. The summed E-state index contributed by atoms with van der Waals surface area (Å²) >= 11 is 0. The van der Waals surface area contributed by atoms with Crippen molar-refractivity contribution in [2.24, 2.45) is 0 Å². The Morgan fingerprint density at radius 3 is 2.80 bits per heavy atom. The standard InChI is InChI=1S/C17H21N5O3/c1-2-24-10-13(23)8-22-11-19-14-15(22)20-17(18)21-16(14)25-9-12-6-4-3-5-7-12/h3-7,11,13,23H,2,8-10H2,1H3,(H2,18,20,21)/t13-/m1/s1. The number of imidazole rings is 1. The first-order chi connectivity index (χ1) is 12.2. The fourth-order valence-corrected chi connectivity index (χ4v) is 2.43. The molecule has 8 heteroatoms. The van der Waals surface area contributed by atoms with E-state index in [4.69, 9.17) is 15.2 Å². The first kappa shape index (κ1) is 17.1. The molecule has 3 N–H and O–H groups in total. The lowest BCUT2D eigenvalue weighted by Crippen LogP contribution is -2.21. The van der Waals surface area contributed by atoms with E-state index in [0.29, 0.717) is 36.8 Å². The number of aliphatic hydroxyl groups is 1. The third-order valence-electron chi connectivity index (χ3n) is 3.59. The van der Waals surface area contributed by atoms with E-state index in [-0.39, 0.29) is 12.6 Å². The van der Waals surface area contributed by atoms with Gasteiger partial charge in [0.15, 0.2) is 11.2 Å². The second-order valence-corrected chi connectivity index (χ2v) is 5.54. The van der Waals surface area contributed by atoms with Crippen molar-refractivity contribution in [2.75, 3.05) is 18.9 Å². The van der Waals surface area contributed by atoms with Crippen LogP contribution in [0.4, 0.5) is 5.95 Å². The minimum atomic E-state index is -0.665. The summed E-state index contributed by atoms with van der Waals surface area (Å²) in [6, 6.07) is 9.75. The molecule has 8 nitrogen and oxygen atoms in total. The third-order valence-corrected chi connectivity index (χ3v) is 3.59. The molecule has 0 unspecified atom stereocenters. The predicted molar refractivity (Wildman–Crippen MR) is 93.0 cm³/mol. The van der Waals surface area contributed by atoms with Gasteiger partial charge >= 0.3 is 0 Å². The van der Waals surface area contributed by atoms with E-state index in [2.05, 4.69) is 15.0 Å². The Balaban J connectivity index is 1.80. The van der Waals surface area contributed by atoms with E-state index in [1.165, 1.54) is 0 Å². The molecule has 2 aromatic heterocycles. The molecule has 0 aliphatic carbocycles. The normalized spacial score (nSPS) is 12.4. The van der Waals surface area contributed by atoms with Crippen LogP contribution in [0.25, 0.3) is 11.2 Å². The maximum absolute atomic E-state index is 10.0. The van der Waals surface area contributed by atoms with Crippen molar-refractivity contribution in [3.05, 3.63) is 42.2 Å². The Hall–Kier alpha value is -2.71. The molecule has 132 valence electrons. The van der Waals surface area contributed by atoms with Gasteiger partial charge in [-0.15, -0.1) is 0 Å². The SMILES string of the molecule is CCOC[C@H](O)Cn1cnc2c(OCc3ccccc3)nc(N)nc21. The van der Waals surface area contributed by atoms with E-state index in [0.717, 1.165) is 5.56 Å². The largest absolute Gasteiger partial charge is 0.471 e. The number of anilines is 1. The van der Waals surface area contributed by atoms with E-state index in [9.17, 15) is 5.11 Å². The molecule has 1 aromatic carbocycles. The number of fused-ring (bicyclic) bond motifs is 1. The summed E-state index contributed by atoms with van der Waals surface area (Å²) in [4.78, 5) is 12.7. The maximum Gasteiger partial charge on any atom is 0.247 e. The molecule has 0 amide bonds. The van der Waals surface area contributed by atoms with E-state index in [1.807, 2.05) is 37.3 Å². The van der Waals surface area contributed by atoms with Crippen molar-refractivity contribution in [1.82, 2.24) is 19.5 Å². The zero-order chi connectivity index (χ0) is 17.6. The van der Waals surface area contributed by atoms with Crippen LogP contribution in [0.3, 0.4) is 0 Å². The molecule has 0 saturated carbocycles. The molecule has 0 aliphatic heterocycles. The van der Waals surface area contributed by atoms with Gasteiger partial charge in [-0.05, 0) is 12.5 Å². The zero-order valence-corrected chi connectivity index (χ0v) is 14.0. The summed E-state index contributed by atoms with van der Waals surface area (Å²) in [5.74, 6) is 0.418. The number of aromatic nitrogens is 4. The van der Waals surface area contributed by atoms with Gasteiger partial charge < -0.3 is 24.9 Å². The molecule has 0 bridgehead atoms. The van der Waals surface area contributed by atoms with Crippen LogP contribution in [0.15, 0.2) is 36.7 Å². The number of aliphatic hydroxyl groups excluding tert-OH is 1. The van der Waals surface area contributed by atoms with Crippen molar-refractivity contribution in [2.45, 2.75) is 26.2 Å². The number of ether oxygens (including phenoxy) is 2. The van der Waals surface area contributed by atoms with Crippen LogP contribution < -0.4 is 10.5 Å². The highest BCUT2D eigenvalue weighted by Gasteiger charge is 2.15. The lowest BCUT2D eigenvalue weighted by Gasteiger charge is -2.12. The number of hydrogen-bond donors (Lipinski definition) is 2. The summed E-state index contributed by atoms with van der Waals surface area (Å²) in [5, 5.41) is 10.0. The van der Waals surface area contributed by atoms with Gasteiger partial charge in [-0.25, -0.2) is 4.98 Å². The Morgan fingerprint density at radius 2 is 2.04 bits per heavy atom. The second kappa shape index (κ2) is 7.91. The van der Waals surface area contributed by atoms with Crippen LogP contribution in [0.2, 0.25) is 0 Å². The number of rotatable bonds is 8. The minimum absolute atomic E-state index is 0.0941. The lowest BCUT2D eigenvalue weighted by atomic mass is 10.2. The minimum Gasteiger partial charge on any atom is -0.471 e. The second-order valence-electron chi connectivity index (χ2n) is 5.54. The zero-order valence-electron chi connectivity index (χ0n) is 14.0. The van der Waals surface area contributed by atoms with Crippen LogP contribution in [-0.4, -0.2) is 43.9 Å². The molecule has 25 heavy (non-hydrogen) atoms. The molecule has 0 aliphatic rings. The van der Waals surface area contributed by atoms with Gasteiger partial charge in [0.1, 0.15) is 6.61 Å². The number of nitrogens with two attached hydrogens (primary N) is 1. The Bertz CT molecular complexity index is 822. The van der Waals surface area contributed by atoms with Crippen molar-refractivity contribution < 1.29 is 14.6 Å². The summed E-state index contributed by atoms with van der Waals surface area (Å²) in [5.41, 5.74) is 7.84. The van der Waals surface area contributed by atoms with Gasteiger partial charge in [0.25, 0.3) is 0 Å². The van der Waals surface area contributed by atoms with Crippen molar-refractivity contribution in [1.29, 1.82) is 0 Å². The number of hydrogen-bond acceptors (Lipinski definition) is 7. The van der Waals surface area contributed by atoms with Crippen LogP contribution in [0.5, 0.6) is 5.88 Å². The monoisotopic (exact) mass is 343 g/mol. The molecule has 0 fully saturated rings. The molecule has 3 rings (SSSR count). The first-order valence-electron chi connectivity index (χ1n) is 8.08. The number of nitrogen functional groups attached to an aromatic ring is 1. The van der Waals surface area contributed by atoms with E-state index >= 15 is 0 Å². The Kier molecular flexibility index (Phi) is 5.42. The lowest BCUT2D eigenvalue weighted by molar-refractivity contribution is 0.0340. The highest BCUT2D eigenvalue weighted by molar-refractivity contribution is 5.77.